The molecule has 1 fully saturated rings. The first-order chi connectivity index (χ1) is 14.4. The van der Waals surface area contributed by atoms with Crippen LogP contribution in [-0.2, 0) is 6.54 Å². The van der Waals surface area contributed by atoms with Gasteiger partial charge in [0.05, 0.1) is 12.2 Å². The Morgan fingerprint density at radius 2 is 1.69 bits per heavy atom. The van der Waals surface area contributed by atoms with E-state index in [-0.39, 0.29) is 6.04 Å². The van der Waals surface area contributed by atoms with Crippen LogP contribution in [0.1, 0.15) is 29.6 Å². The molecular weight excluding hydrogens is 358 g/mol. The van der Waals surface area contributed by atoms with Gasteiger partial charge in [0.15, 0.2) is 0 Å². The lowest BCUT2D eigenvalue weighted by Gasteiger charge is -2.24. The second-order valence-corrected chi connectivity index (χ2v) is 7.56. The van der Waals surface area contributed by atoms with Gasteiger partial charge in [-0.05, 0) is 23.6 Å². The highest BCUT2D eigenvalue weighted by Crippen LogP contribution is 2.38. The summed E-state index contributed by atoms with van der Waals surface area (Å²) in [7, 11) is 0. The molecule has 1 aliphatic heterocycles. The topological polar surface area (TPSA) is 46.8 Å². The van der Waals surface area contributed by atoms with Crippen LogP contribution in [0.3, 0.4) is 0 Å². The first kappa shape index (κ1) is 17.8. The van der Waals surface area contributed by atoms with Gasteiger partial charge >= 0.3 is 0 Å². The van der Waals surface area contributed by atoms with Gasteiger partial charge in [-0.1, -0.05) is 71.9 Å². The highest BCUT2D eigenvalue weighted by molar-refractivity contribution is 5.57. The fraction of sp³-hybridized carbons (Fsp3) is 0.208. The Bertz CT molecular complexity index is 1050. The molecule has 1 aliphatic rings. The molecule has 0 saturated carbocycles. The number of nitrogens with zero attached hydrogens (tertiary/aromatic N) is 5. The Kier molecular flexibility index (Phi) is 4.88. The smallest absolute Gasteiger partial charge is 0.113 e. The number of benzene rings is 2. The quantitative estimate of drug-likeness (QED) is 0.510. The van der Waals surface area contributed by atoms with Crippen molar-refractivity contribution in [1.29, 1.82) is 0 Å². The molecule has 3 heterocycles. The summed E-state index contributed by atoms with van der Waals surface area (Å²) < 4.78 is 2.04. The van der Waals surface area contributed by atoms with Gasteiger partial charge in [0.1, 0.15) is 5.69 Å². The van der Waals surface area contributed by atoms with Gasteiger partial charge in [0.25, 0.3) is 0 Å². The minimum absolute atomic E-state index is 0.286. The predicted octanol–water partition coefficient (Wildman–Crippen LogP) is 4.53. The van der Waals surface area contributed by atoms with Crippen LogP contribution in [0, 0.1) is 0 Å². The average molecular weight is 381 g/mol. The van der Waals surface area contributed by atoms with Gasteiger partial charge in [0, 0.05) is 37.1 Å². The minimum atomic E-state index is 0.286. The Morgan fingerprint density at radius 1 is 0.897 bits per heavy atom. The molecule has 0 spiro atoms. The highest BCUT2D eigenvalue weighted by atomic mass is 15.4. The maximum Gasteiger partial charge on any atom is 0.113 e. The molecule has 5 rings (SSSR count). The van der Waals surface area contributed by atoms with Crippen molar-refractivity contribution in [3.05, 3.63) is 103 Å². The third kappa shape index (κ3) is 3.82. The molecule has 5 heteroatoms. The highest BCUT2D eigenvalue weighted by Gasteiger charge is 2.34. The standard InChI is InChI=1S/C24H23N5/c1-3-8-19(9-4-1)16-28-17-22(14-24(28)21-12-7-13-25-15-21)29-18-23(26-27-29)20-10-5-2-6-11-20/h1-13,15,18,22,24H,14,16-17H2/t22-,24+/m0/s1. The largest absolute Gasteiger partial charge is 0.290 e. The van der Waals surface area contributed by atoms with Crippen LogP contribution in [0.2, 0.25) is 0 Å². The summed E-state index contributed by atoms with van der Waals surface area (Å²) in [6.07, 6.45) is 6.89. The van der Waals surface area contributed by atoms with Crippen molar-refractivity contribution in [2.75, 3.05) is 6.54 Å². The summed E-state index contributed by atoms with van der Waals surface area (Å²) in [6.45, 7) is 1.85. The van der Waals surface area contributed by atoms with Crippen LogP contribution in [0.15, 0.2) is 91.4 Å². The van der Waals surface area contributed by atoms with Crippen LogP contribution in [0.4, 0.5) is 0 Å². The monoisotopic (exact) mass is 381 g/mol. The zero-order valence-corrected chi connectivity index (χ0v) is 16.2. The van der Waals surface area contributed by atoms with Crippen LogP contribution in [-0.4, -0.2) is 31.4 Å². The molecule has 0 N–H and O–H groups in total. The van der Waals surface area contributed by atoms with Crippen molar-refractivity contribution in [2.24, 2.45) is 0 Å². The lowest BCUT2D eigenvalue weighted by atomic mass is 10.0. The van der Waals surface area contributed by atoms with E-state index >= 15 is 0 Å². The van der Waals surface area contributed by atoms with Crippen LogP contribution in [0.25, 0.3) is 11.3 Å². The Labute approximate surface area is 170 Å². The normalized spacial score (nSPS) is 19.4. The van der Waals surface area contributed by atoms with Crippen LogP contribution in [0.5, 0.6) is 0 Å². The maximum atomic E-state index is 4.47. The summed E-state index contributed by atoms with van der Waals surface area (Å²) in [5.41, 5.74) is 4.60. The van der Waals surface area contributed by atoms with Gasteiger partial charge in [-0.3, -0.25) is 9.88 Å². The molecule has 1 saturated heterocycles. The predicted molar refractivity (Wildman–Crippen MR) is 113 cm³/mol. The molecule has 0 bridgehead atoms. The molecule has 2 aromatic carbocycles. The summed E-state index contributed by atoms with van der Waals surface area (Å²) in [4.78, 5) is 6.88. The van der Waals surface area contributed by atoms with Gasteiger partial charge in [-0.25, -0.2) is 4.68 Å². The number of rotatable bonds is 5. The second kappa shape index (κ2) is 7.97. The summed E-state index contributed by atoms with van der Waals surface area (Å²) in [5.74, 6) is 0. The molecule has 4 aromatic rings. The Morgan fingerprint density at radius 3 is 2.45 bits per heavy atom. The zero-order chi connectivity index (χ0) is 19.5. The number of hydrogen-bond donors (Lipinski definition) is 0. The molecule has 0 amide bonds. The first-order valence-corrected chi connectivity index (χ1v) is 10.0. The SMILES string of the molecule is c1ccc(CN2C[C@@H](n3cc(-c4ccccc4)nn3)C[C@@H]2c2cccnc2)cc1. The Hall–Kier alpha value is -3.31. The molecule has 0 aliphatic carbocycles. The average Bonchev–Trinajstić information content (AvgIpc) is 3.43. The zero-order valence-electron chi connectivity index (χ0n) is 16.2. The molecule has 29 heavy (non-hydrogen) atoms. The van der Waals surface area contributed by atoms with Gasteiger partial charge in [-0.2, -0.15) is 0 Å². The van der Waals surface area contributed by atoms with E-state index in [1.54, 1.807) is 0 Å². The van der Waals surface area contributed by atoms with Crippen molar-refractivity contribution >= 4 is 0 Å². The van der Waals surface area contributed by atoms with Crippen molar-refractivity contribution in [1.82, 2.24) is 24.9 Å². The maximum absolute atomic E-state index is 4.47. The van der Waals surface area contributed by atoms with Crippen molar-refractivity contribution < 1.29 is 0 Å². The molecule has 144 valence electrons. The van der Waals surface area contributed by atoms with E-state index in [4.69, 9.17) is 0 Å². The van der Waals surface area contributed by atoms with E-state index in [2.05, 4.69) is 74.9 Å². The molecule has 0 unspecified atom stereocenters. The van der Waals surface area contributed by atoms with Crippen LogP contribution >= 0.6 is 0 Å². The third-order valence-corrected chi connectivity index (χ3v) is 5.63. The lowest BCUT2D eigenvalue weighted by molar-refractivity contribution is 0.243. The summed E-state index contributed by atoms with van der Waals surface area (Å²) in [5, 5.41) is 8.89. The van der Waals surface area contributed by atoms with Gasteiger partial charge < -0.3 is 0 Å². The van der Waals surface area contributed by atoms with Crippen molar-refractivity contribution in [2.45, 2.75) is 25.0 Å². The fourth-order valence-electron chi connectivity index (χ4n) is 4.18. The van der Waals surface area contributed by atoms with Crippen LogP contribution < -0.4 is 0 Å². The molecule has 0 radical (unpaired) electrons. The molecule has 2 atom stereocenters. The Balaban J connectivity index is 1.41. The molecule has 5 nitrogen and oxygen atoms in total. The van der Waals surface area contributed by atoms with E-state index < -0.39 is 0 Å². The van der Waals surface area contributed by atoms with Gasteiger partial charge in [-0.15, -0.1) is 5.10 Å². The second-order valence-electron chi connectivity index (χ2n) is 7.56. The summed E-state index contributed by atoms with van der Waals surface area (Å²) in [6, 6.07) is 25.7. The summed E-state index contributed by atoms with van der Waals surface area (Å²) >= 11 is 0. The van der Waals surface area contributed by atoms with Crippen molar-refractivity contribution in [3.8, 4) is 11.3 Å². The van der Waals surface area contributed by atoms with E-state index in [1.165, 1.54) is 11.1 Å². The lowest BCUT2D eigenvalue weighted by Crippen LogP contribution is -2.24. The minimum Gasteiger partial charge on any atom is -0.290 e. The van der Waals surface area contributed by atoms with Crippen molar-refractivity contribution in [3.63, 3.8) is 0 Å². The number of pyridine rings is 1. The van der Waals surface area contributed by atoms with E-state index in [0.29, 0.717) is 6.04 Å². The molecular formula is C24H23N5. The number of hydrogen-bond acceptors (Lipinski definition) is 4. The third-order valence-electron chi connectivity index (χ3n) is 5.63. The van der Waals surface area contributed by atoms with E-state index in [1.807, 2.05) is 41.3 Å². The molecule has 2 aromatic heterocycles. The first-order valence-electron chi connectivity index (χ1n) is 10.0. The number of aromatic nitrogens is 4. The number of likely N-dealkylation sites (tertiary alicyclic amines) is 1. The van der Waals surface area contributed by atoms with E-state index in [0.717, 1.165) is 30.8 Å². The fourth-order valence-corrected chi connectivity index (χ4v) is 4.18. The van der Waals surface area contributed by atoms with E-state index in [9.17, 15) is 0 Å². The van der Waals surface area contributed by atoms with Gasteiger partial charge in [0.2, 0.25) is 0 Å².